The first-order valence-electron chi connectivity index (χ1n) is 17.6. The molecule has 0 aromatic carbocycles. The van der Waals surface area contributed by atoms with Gasteiger partial charge in [0.1, 0.15) is 20.0 Å². The number of carbonyl (C=O) groups excluding carboxylic acids is 3. The second-order valence-corrected chi connectivity index (χ2v) is 15.2. The minimum atomic E-state index is -0.700. The molecule has 0 rings (SSSR count). The summed E-state index contributed by atoms with van der Waals surface area (Å²) in [6.07, 6.45) is 9.49. The highest BCUT2D eigenvalue weighted by Crippen LogP contribution is 2.29. The van der Waals surface area contributed by atoms with Crippen molar-refractivity contribution in [1.29, 1.82) is 0 Å². The summed E-state index contributed by atoms with van der Waals surface area (Å²) in [6, 6.07) is -1.76. The van der Waals surface area contributed by atoms with Crippen molar-refractivity contribution in [2.75, 3.05) is 20.0 Å². The van der Waals surface area contributed by atoms with Crippen LogP contribution in [0.1, 0.15) is 132 Å². The molecule has 10 heteroatoms. The molecule has 0 aliphatic heterocycles. The zero-order valence-corrected chi connectivity index (χ0v) is 31.4. The van der Waals surface area contributed by atoms with E-state index in [0.717, 1.165) is 57.8 Å². The lowest BCUT2D eigenvalue weighted by atomic mass is 9.80. The maximum absolute atomic E-state index is 14.5. The van der Waals surface area contributed by atoms with Crippen molar-refractivity contribution in [1.82, 2.24) is 16.0 Å². The molecule has 6 nitrogen and oxygen atoms in total. The van der Waals surface area contributed by atoms with Gasteiger partial charge in [-0.3, -0.25) is 14.4 Å². The molecule has 0 saturated heterocycles. The van der Waals surface area contributed by atoms with Gasteiger partial charge >= 0.3 is 0 Å². The van der Waals surface area contributed by atoms with E-state index in [-0.39, 0.29) is 64.1 Å². The van der Waals surface area contributed by atoms with Gasteiger partial charge in [0.25, 0.3) is 0 Å². The second kappa shape index (κ2) is 26.0. The summed E-state index contributed by atoms with van der Waals surface area (Å²) in [7, 11) is 0. The number of nitrogens with one attached hydrogen (secondary N) is 3. The van der Waals surface area contributed by atoms with Crippen molar-refractivity contribution in [3.63, 3.8) is 0 Å². The van der Waals surface area contributed by atoms with E-state index in [2.05, 4.69) is 66.2 Å². The van der Waals surface area contributed by atoms with Crippen LogP contribution >= 0.6 is 22.6 Å². The highest BCUT2D eigenvalue weighted by molar-refractivity contribution is 14.1. The predicted octanol–water partition coefficient (Wildman–Crippen LogP) is 8.44. The van der Waals surface area contributed by atoms with Crippen molar-refractivity contribution < 1.29 is 27.6 Å². The Kier molecular flexibility index (Phi) is 25.3. The summed E-state index contributed by atoms with van der Waals surface area (Å²) in [4.78, 5) is 37.6. The van der Waals surface area contributed by atoms with Crippen LogP contribution in [-0.4, -0.2) is 59.8 Å². The molecule has 0 aliphatic rings. The Morgan fingerprint density at radius 2 is 0.911 bits per heavy atom. The first-order chi connectivity index (χ1) is 21.4. The normalized spacial score (nSPS) is 17.7. The smallest absolute Gasteiger partial charge is 0.220 e. The first kappa shape index (κ1) is 43.9. The van der Waals surface area contributed by atoms with E-state index in [0.29, 0.717) is 12.8 Å². The van der Waals surface area contributed by atoms with Gasteiger partial charge in [0.05, 0.1) is 18.1 Å². The Morgan fingerprint density at radius 3 is 1.22 bits per heavy atom. The van der Waals surface area contributed by atoms with Crippen LogP contribution in [0.2, 0.25) is 0 Å². The third kappa shape index (κ3) is 18.2. The molecule has 0 spiro atoms. The maximum Gasteiger partial charge on any atom is 0.220 e. The summed E-state index contributed by atoms with van der Waals surface area (Å²) in [5.74, 6) is -0.879. The lowest BCUT2D eigenvalue weighted by Gasteiger charge is -2.33. The number of unbranched alkanes of at least 4 members (excludes halogenated alkanes) is 3. The van der Waals surface area contributed by atoms with Gasteiger partial charge in [-0.1, -0.05) is 103 Å². The Hall–Kier alpha value is -1.07. The SMILES string of the molecule is CCCC[C@@H](C(C)I)C(CF)NC(=O)CCC(C)[C@H](CCCC)[C@@H](CF)NC(=O)CCC(C)[C@H](CCCC)C(CF)NC(C)=O. The third-order valence-corrected chi connectivity index (χ3v) is 10.4. The molecule has 3 N–H and O–H groups in total. The lowest BCUT2D eigenvalue weighted by Crippen LogP contribution is -2.46. The van der Waals surface area contributed by atoms with Gasteiger partial charge in [0.15, 0.2) is 0 Å². The van der Waals surface area contributed by atoms with Gasteiger partial charge in [-0.2, -0.15) is 0 Å². The third-order valence-electron chi connectivity index (χ3n) is 9.51. The van der Waals surface area contributed by atoms with E-state index in [4.69, 9.17) is 0 Å². The summed E-state index contributed by atoms with van der Waals surface area (Å²) in [6.45, 7) is 11.7. The topological polar surface area (TPSA) is 87.3 Å². The molecule has 0 aromatic heterocycles. The van der Waals surface area contributed by atoms with Gasteiger partial charge in [0.2, 0.25) is 17.7 Å². The van der Waals surface area contributed by atoms with Gasteiger partial charge in [-0.15, -0.1) is 0 Å². The molecular weight excluding hydrogens is 694 g/mol. The molecule has 0 saturated carbocycles. The first-order valence-corrected chi connectivity index (χ1v) is 18.8. The number of halogens is 4. The zero-order chi connectivity index (χ0) is 34.4. The molecule has 0 fully saturated rings. The average molecular weight is 760 g/mol. The molecule has 9 atom stereocenters. The van der Waals surface area contributed by atoms with Crippen LogP contribution in [0, 0.1) is 29.6 Å². The fourth-order valence-corrected chi connectivity index (χ4v) is 7.44. The molecule has 0 bridgehead atoms. The number of rotatable bonds is 27. The lowest BCUT2D eigenvalue weighted by molar-refractivity contribution is -0.124. The minimum absolute atomic E-state index is 0.00282. The fourth-order valence-electron chi connectivity index (χ4n) is 6.58. The number of hydrogen-bond donors (Lipinski definition) is 3. The van der Waals surface area contributed by atoms with Crippen molar-refractivity contribution >= 4 is 40.3 Å². The number of alkyl halides is 4. The average Bonchev–Trinajstić information content (AvgIpc) is 3.00. The van der Waals surface area contributed by atoms with Crippen LogP contribution in [-0.2, 0) is 14.4 Å². The van der Waals surface area contributed by atoms with E-state index in [1.54, 1.807) is 0 Å². The fraction of sp³-hybridized carbons (Fsp3) is 0.914. The van der Waals surface area contributed by atoms with Crippen molar-refractivity contribution in [2.45, 2.75) is 154 Å². The van der Waals surface area contributed by atoms with E-state index < -0.39 is 38.1 Å². The van der Waals surface area contributed by atoms with Crippen LogP contribution in [0.15, 0.2) is 0 Å². The van der Waals surface area contributed by atoms with Crippen LogP contribution in [0.3, 0.4) is 0 Å². The number of carbonyl (C=O) groups is 3. The Bertz CT molecular complexity index is 807. The van der Waals surface area contributed by atoms with E-state index in [9.17, 15) is 27.6 Å². The van der Waals surface area contributed by atoms with Crippen molar-refractivity contribution in [2.24, 2.45) is 29.6 Å². The summed E-state index contributed by atoms with van der Waals surface area (Å²) >= 11 is 2.31. The Balaban J connectivity index is 5.34. The molecular formula is C35H65F3IN3O3. The maximum atomic E-state index is 14.5. The van der Waals surface area contributed by atoms with Crippen LogP contribution < -0.4 is 16.0 Å². The van der Waals surface area contributed by atoms with Crippen LogP contribution in [0.25, 0.3) is 0 Å². The second-order valence-electron chi connectivity index (χ2n) is 13.2. The molecule has 0 aromatic rings. The standard InChI is InChI=1S/C35H65F3IN3O3/c1-8-11-14-28(31(21-36)40-27(7)43)24(4)17-19-34(44)41-32(22-37)29(15-12-9-2)25(5)18-20-35(45)42-33(23-38)30(26(6)39)16-13-10-3/h24-26,28-33H,8-23H2,1-7H3,(H,40,43)(H,41,44)(H,42,45)/t24?,25?,26?,28-,29-,30-,31?,32+,33?/m0/s1. The molecule has 0 radical (unpaired) electrons. The Morgan fingerprint density at radius 1 is 0.578 bits per heavy atom. The van der Waals surface area contributed by atoms with E-state index in [1.807, 2.05) is 13.8 Å². The quantitative estimate of drug-likeness (QED) is 0.0581. The number of amides is 3. The molecule has 266 valence electrons. The molecule has 45 heavy (non-hydrogen) atoms. The zero-order valence-electron chi connectivity index (χ0n) is 29.2. The van der Waals surface area contributed by atoms with Crippen LogP contribution in [0.4, 0.5) is 13.2 Å². The van der Waals surface area contributed by atoms with E-state index >= 15 is 0 Å². The Labute approximate surface area is 286 Å². The highest BCUT2D eigenvalue weighted by Gasteiger charge is 2.31. The molecule has 0 heterocycles. The number of hydrogen-bond acceptors (Lipinski definition) is 3. The van der Waals surface area contributed by atoms with Gasteiger partial charge in [0, 0.05) is 23.7 Å². The highest BCUT2D eigenvalue weighted by atomic mass is 127. The largest absolute Gasteiger partial charge is 0.351 e. The summed E-state index contributed by atoms with van der Waals surface area (Å²) < 4.78 is 42.5. The minimum Gasteiger partial charge on any atom is -0.351 e. The van der Waals surface area contributed by atoms with Crippen molar-refractivity contribution in [3.05, 3.63) is 0 Å². The van der Waals surface area contributed by atoms with Crippen LogP contribution in [0.5, 0.6) is 0 Å². The summed E-state index contributed by atoms with van der Waals surface area (Å²) in [5, 5.41) is 8.60. The van der Waals surface area contributed by atoms with Gasteiger partial charge in [-0.05, 0) is 61.7 Å². The predicted molar refractivity (Wildman–Crippen MR) is 189 cm³/mol. The summed E-state index contributed by atoms with van der Waals surface area (Å²) in [5.41, 5.74) is 0. The van der Waals surface area contributed by atoms with Gasteiger partial charge < -0.3 is 16.0 Å². The molecule has 0 aliphatic carbocycles. The molecule has 5 unspecified atom stereocenters. The molecule has 3 amide bonds. The monoisotopic (exact) mass is 759 g/mol. The van der Waals surface area contributed by atoms with Gasteiger partial charge in [-0.25, -0.2) is 13.2 Å². The van der Waals surface area contributed by atoms with Crippen molar-refractivity contribution in [3.8, 4) is 0 Å². The van der Waals surface area contributed by atoms with E-state index in [1.165, 1.54) is 6.92 Å².